The van der Waals surface area contributed by atoms with Crippen LogP contribution in [0.4, 0.5) is 0 Å². The van der Waals surface area contributed by atoms with Crippen molar-refractivity contribution in [2.75, 3.05) is 12.4 Å². The van der Waals surface area contributed by atoms with E-state index in [0.29, 0.717) is 23.3 Å². The smallest absolute Gasteiger partial charge is 0.254 e. The highest BCUT2D eigenvalue weighted by molar-refractivity contribution is 6.18. The largest absolute Gasteiger partial charge is 0.469 e. The summed E-state index contributed by atoms with van der Waals surface area (Å²) in [5.74, 6) is 2.48. The number of nitrogens with one attached hydrogen (secondary N) is 1. The van der Waals surface area contributed by atoms with E-state index in [1.165, 1.54) is 31.9 Å². The first-order valence-electron chi connectivity index (χ1n) is 6.60. The molecule has 0 spiro atoms. The Morgan fingerprint density at radius 1 is 1.44 bits per heavy atom. The molecule has 0 bridgehead atoms. The zero-order chi connectivity index (χ0) is 13.0. The van der Waals surface area contributed by atoms with Crippen LogP contribution >= 0.6 is 11.6 Å². The van der Waals surface area contributed by atoms with Crippen molar-refractivity contribution in [2.45, 2.75) is 32.6 Å². The summed E-state index contributed by atoms with van der Waals surface area (Å²) in [7, 11) is 0. The summed E-state index contributed by atoms with van der Waals surface area (Å²) in [6.07, 6.45) is 6.38. The molecule has 1 aromatic heterocycles. The molecule has 3 nitrogen and oxygen atoms in total. The van der Waals surface area contributed by atoms with Crippen LogP contribution in [-0.2, 0) is 0 Å². The Bertz CT molecular complexity index is 402. The second-order valence-corrected chi connectivity index (χ2v) is 5.42. The highest BCUT2D eigenvalue weighted by Gasteiger charge is 2.24. The summed E-state index contributed by atoms with van der Waals surface area (Å²) >= 11 is 5.98. The minimum atomic E-state index is -0.0502. The molecular weight excluding hydrogens is 250 g/mol. The second-order valence-electron chi connectivity index (χ2n) is 5.11. The molecule has 1 heterocycles. The van der Waals surface area contributed by atoms with Crippen molar-refractivity contribution in [3.63, 3.8) is 0 Å². The zero-order valence-corrected chi connectivity index (χ0v) is 11.5. The van der Waals surface area contributed by atoms with Crippen molar-refractivity contribution in [1.29, 1.82) is 0 Å². The van der Waals surface area contributed by atoms with Crippen molar-refractivity contribution >= 4 is 17.5 Å². The molecule has 2 rings (SSSR count). The number of amides is 1. The number of rotatable bonds is 4. The average molecular weight is 270 g/mol. The molecule has 0 radical (unpaired) electrons. The van der Waals surface area contributed by atoms with Gasteiger partial charge >= 0.3 is 0 Å². The fraction of sp³-hybridized carbons (Fsp3) is 0.643. The normalized spacial score (nSPS) is 23.9. The van der Waals surface area contributed by atoms with E-state index in [1.807, 2.05) is 6.92 Å². The van der Waals surface area contributed by atoms with E-state index in [2.05, 4.69) is 5.32 Å². The van der Waals surface area contributed by atoms with Gasteiger partial charge in [0.15, 0.2) is 0 Å². The van der Waals surface area contributed by atoms with Gasteiger partial charge in [-0.15, -0.1) is 11.6 Å². The molecule has 1 amide bonds. The highest BCUT2D eigenvalue weighted by Crippen LogP contribution is 2.30. The molecule has 1 aromatic rings. The molecule has 0 aromatic carbocycles. The van der Waals surface area contributed by atoms with Gasteiger partial charge in [0.2, 0.25) is 0 Å². The van der Waals surface area contributed by atoms with E-state index in [-0.39, 0.29) is 5.91 Å². The Morgan fingerprint density at radius 2 is 2.17 bits per heavy atom. The first-order valence-corrected chi connectivity index (χ1v) is 7.13. The molecule has 2 unspecified atom stereocenters. The SMILES string of the molecule is Cc1cc(C(=O)NCC2CCCCC2CCl)co1. The van der Waals surface area contributed by atoms with Crippen LogP contribution in [0.1, 0.15) is 41.8 Å². The van der Waals surface area contributed by atoms with Crippen molar-refractivity contribution in [1.82, 2.24) is 5.32 Å². The molecule has 100 valence electrons. The summed E-state index contributed by atoms with van der Waals surface area (Å²) in [5.41, 5.74) is 0.603. The first kappa shape index (κ1) is 13.5. The maximum Gasteiger partial charge on any atom is 0.254 e. The van der Waals surface area contributed by atoms with E-state index >= 15 is 0 Å². The third kappa shape index (κ3) is 3.29. The van der Waals surface area contributed by atoms with Crippen molar-refractivity contribution < 1.29 is 9.21 Å². The number of carbonyl (C=O) groups is 1. The lowest BCUT2D eigenvalue weighted by molar-refractivity contribution is 0.0936. The Hall–Kier alpha value is -0.960. The molecule has 0 saturated heterocycles. The molecular formula is C14H20ClNO2. The van der Waals surface area contributed by atoms with Gasteiger partial charge in [0.1, 0.15) is 12.0 Å². The van der Waals surface area contributed by atoms with E-state index < -0.39 is 0 Å². The lowest BCUT2D eigenvalue weighted by Gasteiger charge is -2.30. The van der Waals surface area contributed by atoms with Crippen molar-refractivity contribution in [3.05, 3.63) is 23.7 Å². The number of halogens is 1. The van der Waals surface area contributed by atoms with Crippen LogP contribution < -0.4 is 5.32 Å². The molecule has 18 heavy (non-hydrogen) atoms. The van der Waals surface area contributed by atoms with Crippen molar-refractivity contribution in [2.24, 2.45) is 11.8 Å². The molecule has 1 fully saturated rings. The average Bonchev–Trinajstić information content (AvgIpc) is 2.83. The minimum Gasteiger partial charge on any atom is -0.469 e. The summed E-state index contributed by atoms with van der Waals surface area (Å²) in [6.45, 7) is 2.56. The third-order valence-corrected chi connectivity index (χ3v) is 4.18. The standard InChI is InChI=1S/C14H20ClNO2/c1-10-6-13(9-18-10)14(17)16-8-12-5-3-2-4-11(12)7-15/h6,9,11-12H,2-5,7-8H2,1H3,(H,16,17). The van der Waals surface area contributed by atoms with E-state index in [1.54, 1.807) is 6.07 Å². The molecule has 4 heteroatoms. The van der Waals surface area contributed by atoms with Gasteiger partial charge in [-0.1, -0.05) is 12.8 Å². The topological polar surface area (TPSA) is 42.2 Å². The number of hydrogen-bond donors (Lipinski definition) is 1. The molecule has 1 aliphatic rings. The number of furan rings is 1. The first-order chi connectivity index (χ1) is 8.70. The van der Waals surface area contributed by atoms with E-state index in [4.69, 9.17) is 16.0 Å². The summed E-state index contributed by atoms with van der Waals surface area (Å²) in [4.78, 5) is 11.9. The molecule has 0 aliphatic heterocycles. The quantitative estimate of drug-likeness (QED) is 0.852. The van der Waals surface area contributed by atoms with Gasteiger partial charge in [-0.3, -0.25) is 4.79 Å². The van der Waals surface area contributed by atoms with Gasteiger partial charge in [-0.2, -0.15) is 0 Å². The number of aryl methyl sites for hydroxylation is 1. The van der Waals surface area contributed by atoms with Gasteiger partial charge in [0.05, 0.1) is 5.56 Å². The molecule has 1 saturated carbocycles. The third-order valence-electron chi connectivity index (χ3n) is 3.78. The predicted molar refractivity (Wildman–Crippen MR) is 71.9 cm³/mol. The highest BCUT2D eigenvalue weighted by atomic mass is 35.5. The minimum absolute atomic E-state index is 0.0502. The number of alkyl halides is 1. The number of carbonyl (C=O) groups excluding carboxylic acids is 1. The Morgan fingerprint density at radius 3 is 2.78 bits per heavy atom. The monoisotopic (exact) mass is 269 g/mol. The van der Waals surface area contributed by atoms with E-state index in [0.717, 1.165) is 12.3 Å². The summed E-state index contributed by atoms with van der Waals surface area (Å²) in [6, 6.07) is 1.76. The van der Waals surface area contributed by atoms with Crippen LogP contribution in [0.3, 0.4) is 0 Å². The van der Waals surface area contributed by atoms with Gasteiger partial charge in [0.25, 0.3) is 5.91 Å². The fourth-order valence-corrected chi connectivity index (χ4v) is 3.05. The molecule has 1 aliphatic carbocycles. The van der Waals surface area contributed by atoms with Crippen molar-refractivity contribution in [3.8, 4) is 0 Å². The van der Waals surface area contributed by atoms with E-state index in [9.17, 15) is 4.79 Å². The van der Waals surface area contributed by atoms with Crippen LogP contribution in [0.2, 0.25) is 0 Å². The predicted octanol–water partition coefficient (Wildman–Crippen LogP) is 3.36. The lowest BCUT2D eigenvalue weighted by atomic mass is 9.80. The van der Waals surface area contributed by atoms with Gasteiger partial charge in [-0.25, -0.2) is 0 Å². The van der Waals surface area contributed by atoms with Crippen LogP contribution in [0.25, 0.3) is 0 Å². The summed E-state index contributed by atoms with van der Waals surface area (Å²) < 4.78 is 5.14. The Kier molecular flexibility index (Phi) is 4.70. The molecule has 2 atom stereocenters. The Balaban J connectivity index is 1.85. The van der Waals surface area contributed by atoms with Crippen LogP contribution in [0.5, 0.6) is 0 Å². The maximum absolute atomic E-state index is 11.9. The second kappa shape index (κ2) is 6.28. The number of hydrogen-bond acceptors (Lipinski definition) is 2. The maximum atomic E-state index is 11.9. The van der Waals surface area contributed by atoms with Gasteiger partial charge < -0.3 is 9.73 Å². The molecule has 1 N–H and O–H groups in total. The van der Waals surface area contributed by atoms with Crippen LogP contribution in [0.15, 0.2) is 16.7 Å². The van der Waals surface area contributed by atoms with Crippen LogP contribution in [-0.4, -0.2) is 18.3 Å². The fourth-order valence-electron chi connectivity index (χ4n) is 2.64. The zero-order valence-electron chi connectivity index (χ0n) is 10.7. The van der Waals surface area contributed by atoms with Crippen LogP contribution in [0, 0.1) is 18.8 Å². The van der Waals surface area contributed by atoms with Gasteiger partial charge in [-0.05, 0) is 37.7 Å². The Labute approximate surface area is 113 Å². The van der Waals surface area contributed by atoms with Gasteiger partial charge in [0, 0.05) is 12.4 Å². The lowest BCUT2D eigenvalue weighted by Crippen LogP contribution is -2.34. The summed E-state index contributed by atoms with van der Waals surface area (Å²) in [5, 5.41) is 2.99.